The Labute approximate surface area is 127 Å². The van der Waals surface area contributed by atoms with Crippen LogP contribution in [0.2, 0.25) is 0 Å². The Kier molecular flexibility index (Phi) is 6.79. The van der Waals surface area contributed by atoms with Crippen LogP contribution in [0.15, 0.2) is 24.3 Å². The second-order valence-corrected chi connectivity index (χ2v) is 5.29. The summed E-state index contributed by atoms with van der Waals surface area (Å²) in [6.45, 7) is 8.56. The number of hydrogen-bond donors (Lipinski definition) is 1. The van der Waals surface area contributed by atoms with Crippen LogP contribution >= 0.6 is 0 Å². The third kappa shape index (κ3) is 5.91. The molecule has 0 spiro atoms. The van der Waals surface area contributed by atoms with Gasteiger partial charge >= 0.3 is 0 Å². The van der Waals surface area contributed by atoms with Crippen molar-refractivity contribution in [3.05, 3.63) is 24.3 Å². The molecule has 1 aliphatic rings. The molecule has 0 amide bonds. The van der Waals surface area contributed by atoms with Gasteiger partial charge in [-0.25, -0.2) is 0 Å². The Morgan fingerprint density at radius 3 is 2.52 bits per heavy atom. The van der Waals surface area contributed by atoms with Crippen molar-refractivity contribution in [2.45, 2.75) is 13.0 Å². The third-order valence-electron chi connectivity index (χ3n) is 3.56. The Bertz CT molecular complexity index is 391. The van der Waals surface area contributed by atoms with E-state index in [4.69, 9.17) is 14.2 Å². The van der Waals surface area contributed by atoms with Crippen LogP contribution in [-0.2, 0) is 4.74 Å². The molecular formula is C16H26N2O3. The molecule has 1 aromatic carbocycles. The molecule has 1 fully saturated rings. The smallest absolute Gasteiger partial charge is 0.119 e. The zero-order valence-electron chi connectivity index (χ0n) is 13.0. The summed E-state index contributed by atoms with van der Waals surface area (Å²) in [5.41, 5.74) is 0. The van der Waals surface area contributed by atoms with E-state index in [2.05, 4.69) is 17.1 Å². The van der Waals surface area contributed by atoms with E-state index >= 15 is 0 Å². The van der Waals surface area contributed by atoms with Crippen LogP contribution in [0.5, 0.6) is 11.5 Å². The third-order valence-corrected chi connectivity index (χ3v) is 3.56. The Morgan fingerprint density at radius 1 is 1.19 bits per heavy atom. The first-order chi connectivity index (χ1) is 10.3. The molecule has 1 aromatic rings. The number of morpholine rings is 1. The lowest BCUT2D eigenvalue weighted by molar-refractivity contribution is 0.0342. The van der Waals surface area contributed by atoms with Gasteiger partial charge in [0, 0.05) is 32.2 Å². The van der Waals surface area contributed by atoms with Crippen molar-refractivity contribution < 1.29 is 14.2 Å². The highest BCUT2D eigenvalue weighted by Gasteiger charge is 2.12. The highest BCUT2D eigenvalue weighted by atomic mass is 16.5. The Morgan fingerprint density at radius 2 is 1.86 bits per heavy atom. The van der Waals surface area contributed by atoms with Crippen LogP contribution in [0.1, 0.15) is 6.92 Å². The predicted octanol–water partition coefficient (Wildman–Crippen LogP) is 1.38. The van der Waals surface area contributed by atoms with E-state index in [-0.39, 0.29) is 0 Å². The fourth-order valence-corrected chi connectivity index (χ4v) is 2.38. The summed E-state index contributed by atoms with van der Waals surface area (Å²) in [4.78, 5) is 2.44. The Balaban J connectivity index is 1.57. The maximum atomic E-state index is 5.69. The standard InChI is InChI=1S/C16H26N2O3/c1-14(13-18-8-11-20-12-9-18)17-7-10-21-16-5-3-15(19-2)4-6-16/h3-6,14,17H,7-13H2,1-2H3. The van der Waals surface area contributed by atoms with Crippen molar-refractivity contribution in [2.24, 2.45) is 0 Å². The summed E-state index contributed by atoms with van der Waals surface area (Å²) in [6, 6.07) is 8.13. The van der Waals surface area contributed by atoms with Gasteiger partial charge in [0.15, 0.2) is 0 Å². The fraction of sp³-hybridized carbons (Fsp3) is 0.625. The summed E-state index contributed by atoms with van der Waals surface area (Å²) in [5, 5.41) is 3.49. The van der Waals surface area contributed by atoms with Gasteiger partial charge in [-0.1, -0.05) is 0 Å². The van der Waals surface area contributed by atoms with Gasteiger partial charge in [-0.05, 0) is 31.2 Å². The summed E-state index contributed by atoms with van der Waals surface area (Å²) >= 11 is 0. The lowest BCUT2D eigenvalue weighted by Gasteiger charge is -2.29. The zero-order valence-corrected chi connectivity index (χ0v) is 13.0. The molecule has 1 saturated heterocycles. The van der Waals surface area contributed by atoms with Crippen molar-refractivity contribution in [1.82, 2.24) is 10.2 Å². The Hall–Kier alpha value is -1.30. The molecule has 0 bridgehead atoms. The van der Waals surface area contributed by atoms with Gasteiger partial charge in [-0.2, -0.15) is 0 Å². The number of hydrogen-bond acceptors (Lipinski definition) is 5. The summed E-state index contributed by atoms with van der Waals surface area (Å²) in [7, 11) is 1.66. The van der Waals surface area contributed by atoms with Crippen LogP contribution < -0.4 is 14.8 Å². The van der Waals surface area contributed by atoms with E-state index in [0.29, 0.717) is 12.6 Å². The topological polar surface area (TPSA) is 43.0 Å². The predicted molar refractivity (Wildman–Crippen MR) is 83.2 cm³/mol. The SMILES string of the molecule is COc1ccc(OCCNC(C)CN2CCOCC2)cc1. The second kappa shape index (κ2) is 8.87. The molecule has 1 heterocycles. The van der Waals surface area contributed by atoms with Gasteiger partial charge < -0.3 is 19.5 Å². The average molecular weight is 294 g/mol. The number of benzene rings is 1. The van der Waals surface area contributed by atoms with Crippen LogP contribution in [0, 0.1) is 0 Å². The van der Waals surface area contributed by atoms with E-state index in [1.807, 2.05) is 24.3 Å². The van der Waals surface area contributed by atoms with Gasteiger partial charge in [0.2, 0.25) is 0 Å². The van der Waals surface area contributed by atoms with Gasteiger partial charge in [-0.3, -0.25) is 4.90 Å². The van der Waals surface area contributed by atoms with Gasteiger partial charge in [-0.15, -0.1) is 0 Å². The number of methoxy groups -OCH3 is 1. The van der Waals surface area contributed by atoms with Crippen LogP contribution in [0.4, 0.5) is 0 Å². The van der Waals surface area contributed by atoms with Crippen molar-refractivity contribution in [2.75, 3.05) is 53.1 Å². The lowest BCUT2D eigenvalue weighted by atomic mass is 10.3. The minimum Gasteiger partial charge on any atom is -0.497 e. The van der Waals surface area contributed by atoms with Crippen LogP contribution in [0.3, 0.4) is 0 Å². The maximum absolute atomic E-state index is 5.69. The number of rotatable bonds is 8. The van der Waals surface area contributed by atoms with Gasteiger partial charge in [0.25, 0.3) is 0 Å². The number of ether oxygens (including phenoxy) is 3. The van der Waals surface area contributed by atoms with Crippen LogP contribution in [-0.4, -0.2) is 64.1 Å². The highest BCUT2D eigenvalue weighted by Crippen LogP contribution is 2.16. The average Bonchev–Trinajstić information content (AvgIpc) is 2.53. The molecule has 1 unspecified atom stereocenters. The quantitative estimate of drug-likeness (QED) is 0.734. The molecule has 0 saturated carbocycles. The molecule has 118 valence electrons. The summed E-state index contributed by atoms with van der Waals surface area (Å²) in [6.07, 6.45) is 0. The largest absolute Gasteiger partial charge is 0.497 e. The molecular weight excluding hydrogens is 268 g/mol. The fourth-order valence-electron chi connectivity index (χ4n) is 2.38. The molecule has 0 aliphatic carbocycles. The molecule has 0 aromatic heterocycles. The first-order valence-corrected chi connectivity index (χ1v) is 7.58. The van der Waals surface area contributed by atoms with Crippen molar-refractivity contribution >= 4 is 0 Å². The summed E-state index contributed by atoms with van der Waals surface area (Å²) < 4.78 is 16.2. The van der Waals surface area contributed by atoms with Gasteiger partial charge in [0.1, 0.15) is 18.1 Å². The molecule has 0 radical (unpaired) electrons. The molecule has 5 nitrogen and oxygen atoms in total. The molecule has 21 heavy (non-hydrogen) atoms. The molecule has 1 N–H and O–H groups in total. The molecule has 2 rings (SSSR count). The minimum absolute atomic E-state index is 0.461. The van der Waals surface area contributed by atoms with E-state index in [1.54, 1.807) is 7.11 Å². The van der Waals surface area contributed by atoms with Crippen molar-refractivity contribution in [3.8, 4) is 11.5 Å². The first kappa shape index (κ1) is 16.1. The van der Waals surface area contributed by atoms with Crippen molar-refractivity contribution in [1.29, 1.82) is 0 Å². The van der Waals surface area contributed by atoms with E-state index < -0.39 is 0 Å². The van der Waals surface area contributed by atoms with Gasteiger partial charge in [0.05, 0.1) is 20.3 Å². The molecule has 5 heteroatoms. The molecule has 1 atom stereocenters. The van der Waals surface area contributed by atoms with Crippen LogP contribution in [0.25, 0.3) is 0 Å². The maximum Gasteiger partial charge on any atom is 0.119 e. The van der Waals surface area contributed by atoms with E-state index in [9.17, 15) is 0 Å². The summed E-state index contributed by atoms with van der Waals surface area (Å²) in [5.74, 6) is 1.72. The second-order valence-electron chi connectivity index (χ2n) is 5.29. The van der Waals surface area contributed by atoms with Crippen molar-refractivity contribution in [3.63, 3.8) is 0 Å². The highest BCUT2D eigenvalue weighted by molar-refractivity contribution is 5.31. The lowest BCUT2D eigenvalue weighted by Crippen LogP contribution is -2.45. The van der Waals surface area contributed by atoms with E-state index in [0.717, 1.165) is 50.9 Å². The normalized spacial score (nSPS) is 17.4. The zero-order chi connectivity index (χ0) is 14.9. The number of nitrogens with one attached hydrogen (secondary N) is 1. The molecule has 1 aliphatic heterocycles. The first-order valence-electron chi connectivity index (χ1n) is 7.58. The van der Waals surface area contributed by atoms with E-state index in [1.165, 1.54) is 0 Å². The number of nitrogens with zero attached hydrogens (tertiary/aromatic N) is 1. The minimum atomic E-state index is 0.461. The monoisotopic (exact) mass is 294 g/mol.